The van der Waals surface area contributed by atoms with E-state index in [1.807, 2.05) is 29.2 Å². The van der Waals surface area contributed by atoms with E-state index < -0.39 is 31.0 Å². The number of aliphatic hydroxyl groups is 5. The fraction of sp³-hybridized carbons (Fsp3) is 0.750. The number of likely N-dealkylation sites (tertiary alicyclic amines) is 1. The molecule has 7 N–H and O–H groups in total. The Labute approximate surface area is 226 Å². The predicted octanol–water partition coefficient (Wildman–Crippen LogP) is -0.348. The summed E-state index contributed by atoms with van der Waals surface area (Å²) in [5.41, 5.74) is 0.974. The number of nitrogens with one attached hydrogen (secondary N) is 2. The molecule has 2 aliphatic heterocycles. The lowest BCUT2D eigenvalue weighted by molar-refractivity contribution is -0.131. The van der Waals surface area contributed by atoms with Crippen LogP contribution in [0.5, 0.6) is 5.75 Å². The van der Waals surface area contributed by atoms with Crippen LogP contribution < -0.4 is 15.4 Å². The van der Waals surface area contributed by atoms with Crippen molar-refractivity contribution in [3.8, 4) is 5.75 Å². The molecule has 2 saturated heterocycles. The molecule has 10 nitrogen and oxygen atoms in total. The quantitative estimate of drug-likeness (QED) is 0.149. The van der Waals surface area contributed by atoms with Crippen molar-refractivity contribution in [1.29, 1.82) is 0 Å². The Morgan fingerprint density at radius 3 is 2.29 bits per heavy atom. The zero-order valence-corrected chi connectivity index (χ0v) is 22.4. The topological polar surface area (TPSA) is 155 Å². The minimum Gasteiger partial charge on any atom is -0.494 e. The van der Waals surface area contributed by atoms with E-state index in [-0.39, 0.29) is 12.5 Å². The molecule has 10 heteroatoms. The number of nitrogens with zero attached hydrogens (tertiary/aromatic N) is 1. The normalized spacial score (nSPS) is 20.6. The molecule has 2 heterocycles. The van der Waals surface area contributed by atoms with Crippen LogP contribution in [-0.2, 0) is 11.2 Å². The van der Waals surface area contributed by atoms with Gasteiger partial charge in [-0.15, -0.1) is 0 Å². The van der Waals surface area contributed by atoms with Crippen LogP contribution >= 0.6 is 0 Å². The van der Waals surface area contributed by atoms with Gasteiger partial charge >= 0.3 is 0 Å². The van der Waals surface area contributed by atoms with E-state index in [0.29, 0.717) is 32.0 Å². The summed E-state index contributed by atoms with van der Waals surface area (Å²) in [5, 5.41) is 54.3. The fourth-order valence-electron chi connectivity index (χ4n) is 5.23. The van der Waals surface area contributed by atoms with Gasteiger partial charge in [0.05, 0.1) is 25.7 Å². The third-order valence-corrected chi connectivity index (χ3v) is 7.84. The van der Waals surface area contributed by atoms with E-state index in [9.17, 15) is 25.2 Å². The van der Waals surface area contributed by atoms with E-state index in [0.717, 1.165) is 56.2 Å². The minimum absolute atomic E-state index is 0.0491. The molecule has 1 amide bonds. The second kappa shape index (κ2) is 16.3. The molecule has 0 aliphatic carbocycles. The monoisotopic (exact) mass is 537 g/mol. The van der Waals surface area contributed by atoms with Crippen molar-refractivity contribution < 1.29 is 35.1 Å². The smallest absolute Gasteiger partial charge is 0.226 e. The summed E-state index contributed by atoms with van der Waals surface area (Å²) in [4.78, 5) is 14.7. The van der Waals surface area contributed by atoms with Crippen molar-refractivity contribution in [3.05, 3.63) is 29.8 Å². The number of ether oxygens (including phenoxy) is 1. The number of amides is 1. The first kappa shape index (κ1) is 30.7. The minimum atomic E-state index is -1.62. The molecule has 2 aliphatic rings. The van der Waals surface area contributed by atoms with E-state index in [1.54, 1.807) is 0 Å². The highest BCUT2D eigenvalue weighted by molar-refractivity contribution is 5.78. The number of piperidine rings is 2. The van der Waals surface area contributed by atoms with Gasteiger partial charge in [0.1, 0.15) is 24.1 Å². The molecule has 1 aromatic carbocycles. The molecule has 2 fully saturated rings. The van der Waals surface area contributed by atoms with Crippen LogP contribution in [-0.4, -0.2) is 113 Å². The fourth-order valence-corrected chi connectivity index (χ4v) is 5.23. The van der Waals surface area contributed by atoms with Gasteiger partial charge < -0.3 is 45.8 Å². The highest BCUT2D eigenvalue weighted by atomic mass is 16.5. The summed E-state index contributed by atoms with van der Waals surface area (Å²) in [6.07, 6.45) is 0.887. The Balaban J connectivity index is 1.28. The van der Waals surface area contributed by atoms with Crippen molar-refractivity contribution in [2.45, 2.75) is 69.4 Å². The summed E-state index contributed by atoms with van der Waals surface area (Å²) in [7, 11) is 0. The number of hydrogen-bond donors (Lipinski definition) is 7. The first-order valence-electron chi connectivity index (χ1n) is 14.1. The molecule has 0 aromatic heterocycles. The second-order valence-corrected chi connectivity index (χ2v) is 10.8. The summed E-state index contributed by atoms with van der Waals surface area (Å²) < 4.78 is 5.89. The first-order chi connectivity index (χ1) is 18.4. The summed E-state index contributed by atoms with van der Waals surface area (Å²) >= 11 is 0. The number of carbonyl (C=O) groups excluding carboxylic acids is 1. The predicted molar refractivity (Wildman–Crippen MR) is 144 cm³/mol. The van der Waals surface area contributed by atoms with Gasteiger partial charge in [0.2, 0.25) is 5.91 Å². The molecule has 216 valence electrons. The maximum atomic E-state index is 12.8. The Morgan fingerprint density at radius 1 is 0.974 bits per heavy atom. The van der Waals surface area contributed by atoms with Crippen LogP contribution in [0.25, 0.3) is 0 Å². The Hall–Kier alpha value is -1.79. The van der Waals surface area contributed by atoms with Crippen LogP contribution in [0.3, 0.4) is 0 Å². The van der Waals surface area contributed by atoms with E-state index in [2.05, 4.69) is 10.6 Å². The molecule has 0 bridgehead atoms. The molecular weight excluding hydrogens is 490 g/mol. The third kappa shape index (κ3) is 10.1. The average molecular weight is 538 g/mol. The van der Waals surface area contributed by atoms with Gasteiger partial charge in [0.15, 0.2) is 0 Å². The zero-order valence-electron chi connectivity index (χ0n) is 22.4. The van der Waals surface area contributed by atoms with Gasteiger partial charge in [-0.1, -0.05) is 12.1 Å². The standard InChI is InChI=1S/C28H47N3O7/c32-19-25(34)28(37)27(36)24(33)18-30-17-22-9-13-31(14-10-22)26(35)16-21-3-5-23(6-4-21)38-15-1-2-20-7-11-29-12-8-20/h3-6,20,22,24-25,27-30,32-34,36-37H,1-2,7-19H2/t24-,25+,27+,28+/m0/s1. The van der Waals surface area contributed by atoms with Crippen LogP contribution in [0.4, 0.5) is 0 Å². The lowest BCUT2D eigenvalue weighted by atomic mass is 9.93. The summed E-state index contributed by atoms with van der Waals surface area (Å²) in [6, 6.07) is 7.82. The Morgan fingerprint density at radius 2 is 1.63 bits per heavy atom. The largest absolute Gasteiger partial charge is 0.494 e. The van der Waals surface area contributed by atoms with E-state index >= 15 is 0 Å². The van der Waals surface area contributed by atoms with Gasteiger partial charge in [-0.2, -0.15) is 0 Å². The molecule has 0 radical (unpaired) electrons. The van der Waals surface area contributed by atoms with Crippen molar-refractivity contribution in [2.75, 3.05) is 52.5 Å². The summed E-state index contributed by atoms with van der Waals surface area (Å²) in [6.45, 7) is 4.30. The van der Waals surface area contributed by atoms with Gasteiger partial charge in [-0.25, -0.2) is 0 Å². The lowest BCUT2D eigenvalue weighted by Crippen LogP contribution is -2.49. The van der Waals surface area contributed by atoms with Crippen LogP contribution in [0.1, 0.15) is 44.1 Å². The molecular formula is C28H47N3O7. The van der Waals surface area contributed by atoms with Crippen LogP contribution in [0.2, 0.25) is 0 Å². The molecule has 0 spiro atoms. The lowest BCUT2D eigenvalue weighted by Gasteiger charge is -2.32. The first-order valence-corrected chi connectivity index (χ1v) is 14.1. The van der Waals surface area contributed by atoms with Crippen molar-refractivity contribution in [1.82, 2.24) is 15.5 Å². The van der Waals surface area contributed by atoms with Gasteiger partial charge in [0.25, 0.3) is 0 Å². The maximum Gasteiger partial charge on any atom is 0.226 e. The number of aliphatic hydroxyl groups excluding tert-OH is 5. The van der Waals surface area contributed by atoms with Gasteiger partial charge in [0, 0.05) is 19.6 Å². The van der Waals surface area contributed by atoms with Crippen molar-refractivity contribution in [2.24, 2.45) is 11.8 Å². The highest BCUT2D eigenvalue weighted by Gasteiger charge is 2.30. The number of benzene rings is 1. The number of carbonyl (C=O) groups is 1. The van der Waals surface area contributed by atoms with E-state index in [4.69, 9.17) is 9.84 Å². The van der Waals surface area contributed by atoms with Crippen LogP contribution in [0, 0.1) is 11.8 Å². The second-order valence-electron chi connectivity index (χ2n) is 10.8. The number of rotatable bonds is 15. The molecule has 38 heavy (non-hydrogen) atoms. The van der Waals surface area contributed by atoms with Gasteiger partial charge in [-0.05, 0) is 87.7 Å². The maximum absolute atomic E-state index is 12.8. The Bertz CT molecular complexity index is 798. The molecule has 4 atom stereocenters. The van der Waals surface area contributed by atoms with Gasteiger partial charge in [-0.3, -0.25) is 4.79 Å². The van der Waals surface area contributed by atoms with E-state index in [1.165, 1.54) is 19.3 Å². The third-order valence-electron chi connectivity index (χ3n) is 7.84. The molecule has 0 saturated carbocycles. The summed E-state index contributed by atoms with van der Waals surface area (Å²) in [5.74, 6) is 2.11. The zero-order chi connectivity index (χ0) is 27.3. The molecule has 3 rings (SSSR count). The molecule has 1 aromatic rings. The SMILES string of the molecule is O=C(Cc1ccc(OCCCC2CCNCC2)cc1)N1CCC(CNC[C@H](O)[C@@H](O)[C@H](O)[C@H](O)CO)CC1. The average Bonchev–Trinajstić information content (AvgIpc) is 2.95. The van der Waals surface area contributed by atoms with Crippen molar-refractivity contribution in [3.63, 3.8) is 0 Å². The highest BCUT2D eigenvalue weighted by Crippen LogP contribution is 2.20. The van der Waals surface area contributed by atoms with Crippen LogP contribution in [0.15, 0.2) is 24.3 Å². The van der Waals surface area contributed by atoms with Crippen molar-refractivity contribution >= 4 is 5.91 Å². The Kier molecular flexibility index (Phi) is 13.2. The molecule has 0 unspecified atom stereocenters. The number of hydrogen-bond acceptors (Lipinski definition) is 9.